The van der Waals surface area contributed by atoms with Crippen LogP contribution in [0.15, 0.2) is 29.0 Å². The number of carboxylic acid groups (broad SMARTS) is 1. The lowest BCUT2D eigenvalue weighted by Crippen LogP contribution is -2.40. The van der Waals surface area contributed by atoms with Crippen molar-refractivity contribution in [3.63, 3.8) is 0 Å². The Balaban J connectivity index is 0.00000170. The summed E-state index contributed by atoms with van der Waals surface area (Å²) >= 11 is 3.22. The van der Waals surface area contributed by atoms with Crippen LogP contribution in [-0.2, 0) is 34.0 Å². The molecule has 12 nitrogen and oxygen atoms in total. The molecular formula is C26H35BrN6O6. The lowest BCUT2D eigenvalue weighted by molar-refractivity contribution is -0.676. The second-order valence-corrected chi connectivity index (χ2v) is 10.1. The average molecular weight is 608 g/mol. The number of amides is 1. The third-order valence-electron chi connectivity index (χ3n) is 5.39. The lowest BCUT2D eigenvalue weighted by Gasteiger charge is -2.19. The maximum absolute atomic E-state index is 12.7. The summed E-state index contributed by atoms with van der Waals surface area (Å²) in [6, 6.07) is 5.92. The number of hydrogen-bond donors (Lipinski definition) is 2. The standard InChI is InChI=1S/C25H33BrN6O4.CH2O2/c1-6-31-17-11-10-16(35-12-8-9-21(33)36-25(3,4)5)13-18(17)32(7-2)20(31)15-29-24(34)22-23(27)28-14-19(26)30-22;2-1-3/h10-11,13-14H,6-9,12,15H2,1-5H3,(H2-,27,28,29,34);1H,(H,2,3). The molecular weight excluding hydrogens is 572 g/mol. The van der Waals surface area contributed by atoms with E-state index in [2.05, 4.69) is 54.2 Å². The Morgan fingerprint density at radius 3 is 2.59 bits per heavy atom. The van der Waals surface area contributed by atoms with Crippen molar-refractivity contribution < 1.29 is 33.5 Å². The van der Waals surface area contributed by atoms with Crippen LogP contribution >= 0.6 is 15.9 Å². The molecule has 13 heteroatoms. The Morgan fingerprint density at radius 1 is 1.28 bits per heavy atom. The topological polar surface area (TPSA) is 165 Å². The molecule has 2 heterocycles. The number of fused-ring (bicyclic) bond motifs is 1. The molecule has 0 radical (unpaired) electrons. The molecule has 0 aliphatic rings. The summed E-state index contributed by atoms with van der Waals surface area (Å²) < 4.78 is 16.0. The van der Waals surface area contributed by atoms with Gasteiger partial charge in [-0.1, -0.05) is 0 Å². The van der Waals surface area contributed by atoms with Crippen molar-refractivity contribution in [1.82, 2.24) is 19.9 Å². The Bertz CT molecular complexity index is 1300. The minimum Gasteiger partial charge on any atom is -0.554 e. The quantitative estimate of drug-likeness (QED) is 0.152. The zero-order valence-corrected chi connectivity index (χ0v) is 24.4. The highest BCUT2D eigenvalue weighted by molar-refractivity contribution is 9.10. The maximum atomic E-state index is 12.7. The van der Waals surface area contributed by atoms with Crippen molar-refractivity contribution in [3.05, 3.63) is 40.5 Å². The Hall–Kier alpha value is -3.74. The van der Waals surface area contributed by atoms with Crippen molar-refractivity contribution in [2.45, 2.75) is 72.7 Å². The zero-order chi connectivity index (χ0) is 29.2. The number of imidazole rings is 1. The van der Waals surface area contributed by atoms with E-state index >= 15 is 0 Å². The fourth-order valence-electron chi connectivity index (χ4n) is 3.94. The minimum absolute atomic E-state index is 0.0727. The average Bonchev–Trinajstić information content (AvgIpc) is 3.17. The molecule has 3 aromatic rings. The van der Waals surface area contributed by atoms with E-state index in [1.807, 2.05) is 39.0 Å². The fourth-order valence-corrected chi connectivity index (χ4v) is 4.22. The molecule has 0 fully saturated rings. The Morgan fingerprint density at radius 2 is 1.97 bits per heavy atom. The van der Waals surface area contributed by atoms with E-state index in [0.29, 0.717) is 30.6 Å². The summed E-state index contributed by atoms with van der Waals surface area (Å²) in [5.74, 6) is 1.10. The van der Waals surface area contributed by atoms with Crippen molar-refractivity contribution in [3.8, 4) is 5.75 Å². The molecule has 0 bridgehead atoms. The van der Waals surface area contributed by atoms with Crippen molar-refractivity contribution in [2.75, 3.05) is 12.3 Å². The summed E-state index contributed by atoms with van der Waals surface area (Å²) in [6.07, 6.45) is 2.32. The van der Waals surface area contributed by atoms with Gasteiger partial charge in [0, 0.05) is 19.0 Å². The molecule has 0 aliphatic carbocycles. The molecule has 0 spiro atoms. The van der Waals surface area contributed by atoms with E-state index in [4.69, 9.17) is 25.1 Å². The van der Waals surface area contributed by atoms with E-state index in [9.17, 15) is 9.59 Å². The van der Waals surface area contributed by atoms with E-state index in [1.165, 1.54) is 6.20 Å². The van der Waals surface area contributed by atoms with Gasteiger partial charge < -0.3 is 30.4 Å². The molecule has 0 saturated carbocycles. The second kappa shape index (κ2) is 14.4. The highest BCUT2D eigenvalue weighted by Gasteiger charge is 2.25. The van der Waals surface area contributed by atoms with Gasteiger partial charge in [-0.15, -0.1) is 0 Å². The SMILES string of the molecule is CCn1c(CNC(=O)c2nc(Br)cnc2N)[n+](CC)c2ccc(OCCCC(=O)OC(C)(C)C)cc21.O=C[O-]. The van der Waals surface area contributed by atoms with E-state index in [1.54, 1.807) is 0 Å². The van der Waals surface area contributed by atoms with Crippen LogP contribution in [0, 0.1) is 0 Å². The maximum Gasteiger partial charge on any atom is 0.306 e. The molecule has 0 unspecified atom stereocenters. The highest BCUT2D eigenvalue weighted by atomic mass is 79.9. The smallest absolute Gasteiger partial charge is 0.306 e. The predicted molar refractivity (Wildman–Crippen MR) is 145 cm³/mol. The first kappa shape index (κ1) is 31.5. The first-order valence-electron chi connectivity index (χ1n) is 12.5. The van der Waals surface area contributed by atoms with Crippen molar-refractivity contribution >= 4 is 51.1 Å². The highest BCUT2D eigenvalue weighted by Crippen LogP contribution is 2.22. The summed E-state index contributed by atoms with van der Waals surface area (Å²) in [5.41, 5.74) is 7.46. The Kier molecular flexibility index (Phi) is 11.6. The van der Waals surface area contributed by atoms with Gasteiger partial charge in [0.05, 0.1) is 25.9 Å². The Labute approximate surface area is 235 Å². The van der Waals surface area contributed by atoms with E-state index in [0.717, 1.165) is 29.2 Å². The van der Waals surface area contributed by atoms with Gasteiger partial charge in [-0.05, 0) is 69.1 Å². The number of ether oxygens (including phenoxy) is 2. The number of anilines is 1. The summed E-state index contributed by atoms with van der Waals surface area (Å²) in [7, 11) is 0. The number of benzene rings is 1. The number of carbonyl (C=O) groups excluding carboxylic acids is 3. The molecule has 212 valence electrons. The summed E-state index contributed by atoms with van der Waals surface area (Å²) in [5, 5.41) is 11.2. The number of aromatic nitrogens is 4. The fraction of sp³-hybridized carbons (Fsp3) is 0.462. The monoisotopic (exact) mass is 606 g/mol. The van der Waals surface area contributed by atoms with Gasteiger partial charge in [0.2, 0.25) is 0 Å². The number of halogens is 1. The molecule has 1 aromatic carbocycles. The zero-order valence-electron chi connectivity index (χ0n) is 22.8. The van der Waals surface area contributed by atoms with Gasteiger partial charge in [0.15, 0.2) is 22.5 Å². The molecule has 39 heavy (non-hydrogen) atoms. The second-order valence-electron chi connectivity index (χ2n) is 9.30. The number of nitrogens with two attached hydrogens (primary N) is 1. The van der Waals surface area contributed by atoms with Gasteiger partial charge in [-0.2, -0.15) is 0 Å². The van der Waals surface area contributed by atoms with Crippen LogP contribution in [0.1, 0.15) is 63.8 Å². The third kappa shape index (κ3) is 8.91. The first-order valence-corrected chi connectivity index (χ1v) is 13.3. The molecule has 2 aromatic heterocycles. The number of nitrogens with zero attached hydrogens (tertiary/aromatic N) is 4. The van der Waals surface area contributed by atoms with Gasteiger partial charge in [-0.25, -0.2) is 19.1 Å². The molecule has 3 rings (SSSR count). The van der Waals surface area contributed by atoms with Crippen LogP contribution in [0.5, 0.6) is 5.75 Å². The molecule has 3 N–H and O–H groups in total. The predicted octanol–water partition coefficient (Wildman–Crippen LogP) is 1.90. The number of nitrogens with one attached hydrogen (secondary N) is 1. The number of aryl methyl sites for hydroxylation is 2. The largest absolute Gasteiger partial charge is 0.554 e. The summed E-state index contributed by atoms with van der Waals surface area (Å²) in [6.45, 7) is 11.3. The molecule has 0 atom stereocenters. The normalized spacial score (nSPS) is 10.9. The first-order chi connectivity index (χ1) is 18.4. The van der Waals surface area contributed by atoms with Gasteiger partial charge in [-0.3, -0.25) is 9.59 Å². The van der Waals surface area contributed by atoms with E-state index in [-0.39, 0.29) is 24.0 Å². The third-order valence-corrected chi connectivity index (χ3v) is 5.77. The van der Waals surface area contributed by atoms with Crippen molar-refractivity contribution in [1.29, 1.82) is 0 Å². The number of hydrogen-bond acceptors (Lipinski definition) is 9. The number of carbonyl (C=O) groups is 3. The van der Waals surface area contributed by atoms with Crippen LogP contribution in [0.4, 0.5) is 5.82 Å². The van der Waals surface area contributed by atoms with Crippen molar-refractivity contribution in [2.24, 2.45) is 0 Å². The van der Waals surface area contributed by atoms with Gasteiger partial charge in [0.1, 0.15) is 22.5 Å². The van der Waals surface area contributed by atoms with Crippen LogP contribution in [-0.4, -0.2) is 45.1 Å². The molecule has 0 saturated heterocycles. The van der Waals surface area contributed by atoms with E-state index < -0.39 is 18.0 Å². The van der Waals surface area contributed by atoms with Crippen LogP contribution in [0.25, 0.3) is 11.0 Å². The van der Waals surface area contributed by atoms with Crippen LogP contribution in [0.2, 0.25) is 0 Å². The summed E-state index contributed by atoms with van der Waals surface area (Å²) in [4.78, 5) is 41.0. The number of nitrogen functional groups attached to an aromatic ring is 1. The van der Waals surface area contributed by atoms with Crippen LogP contribution in [0.3, 0.4) is 0 Å². The molecule has 1 amide bonds. The van der Waals surface area contributed by atoms with Gasteiger partial charge in [0.25, 0.3) is 11.7 Å². The number of esters is 1. The molecule has 0 aliphatic heterocycles. The number of rotatable bonds is 10. The van der Waals surface area contributed by atoms with Crippen LogP contribution < -0.4 is 25.5 Å². The lowest BCUT2D eigenvalue weighted by atomic mass is 10.2. The minimum atomic E-state index is -0.500. The van der Waals surface area contributed by atoms with Gasteiger partial charge >= 0.3 is 5.97 Å².